The summed E-state index contributed by atoms with van der Waals surface area (Å²) >= 11 is 5.87. The summed E-state index contributed by atoms with van der Waals surface area (Å²) in [5, 5.41) is -0.204. The highest BCUT2D eigenvalue weighted by molar-refractivity contribution is 6.30. The first-order valence-corrected chi connectivity index (χ1v) is 10.9. The molecule has 1 saturated carbocycles. The van der Waals surface area contributed by atoms with Gasteiger partial charge in [-0.05, 0) is 40.0 Å². The van der Waals surface area contributed by atoms with Crippen molar-refractivity contribution in [3.8, 4) is 11.1 Å². The van der Waals surface area contributed by atoms with Crippen LogP contribution in [0.3, 0.4) is 0 Å². The van der Waals surface area contributed by atoms with Crippen LogP contribution < -0.4 is 0 Å². The van der Waals surface area contributed by atoms with Crippen LogP contribution in [0.15, 0.2) is 59.6 Å². The highest BCUT2D eigenvalue weighted by Crippen LogP contribution is 2.60. The fourth-order valence-electron chi connectivity index (χ4n) is 4.28. The van der Waals surface area contributed by atoms with Crippen LogP contribution in [0.5, 0.6) is 0 Å². The summed E-state index contributed by atoms with van der Waals surface area (Å²) in [5.74, 6) is -1.11. The van der Waals surface area contributed by atoms with Gasteiger partial charge in [-0.15, -0.1) is 0 Å². The predicted octanol–water partition coefficient (Wildman–Crippen LogP) is 6.71. The second kappa shape index (κ2) is 9.70. The van der Waals surface area contributed by atoms with Crippen LogP contribution >= 0.6 is 11.6 Å². The van der Waals surface area contributed by atoms with Crippen molar-refractivity contribution in [1.29, 1.82) is 0 Å². The molecule has 2 aliphatic rings. The van der Waals surface area contributed by atoms with E-state index in [4.69, 9.17) is 11.6 Å². The van der Waals surface area contributed by atoms with Crippen molar-refractivity contribution in [3.63, 3.8) is 0 Å². The fraction of sp³-hybridized carbons (Fsp3) is 0.423. The molecule has 4 rings (SSSR count). The Morgan fingerprint density at radius 2 is 1.50 bits per heavy atom. The zero-order valence-corrected chi connectivity index (χ0v) is 19.3. The number of allylic oxidation sites excluding steroid dienone is 2. The molecule has 2 aromatic rings. The second-order valence-corrected chi connectivity index (χ2v) is 9.44. The summed E-state index contributed by atoms with van der Waals surface area (Å²) in [6.07, 6.45) is 2.49. The lowest BCUT2D eigenvalue weighted by atomic mass is 9.91. The first-order valence-electron chi connectivity index (χ1n) is 10.6. The normalized spacial score (nSPS) is 20.5. The number of benzene rings is 2. The van der Waals surface area contributed by atoms with Crippen molar-refractivity contribution in [2.75, 3.05) is 27.1 Å². The van der Waals surface area contributed by atoms with Gasteiger partial charge in [0, 0.05) is 5.03 Å². The van der Waals surface area contributed by atoms with E-state index in [0.717, 1.165) is 6.42 Å². The van der Waals surface area contributed by atoms with Gasteiger partial charge in [0.2, 0.25) is 0 Å². The number of hydrogen-bond acceptors (Lipinski definition) is 2. The van der Waals surface area contributed by atoms with Crippen LogP contribution in [0.2, 0.25) is 0 Å². The molecule has 0 spiro atoms. The Bertz CT molecular complexity index is 946. The first-order chi connectivity index (χ1) is 15.3. The van der Waals surface area contributed by atoms with Crippen molar-refractivity contribution in [1.82, 2.24) is 0 Å². The predicted molar refractivity (Wildman–Crippen MR) is 122 cm³/mol. The Morgan fingerprint density at radius 1 is 1.03 bits per heavy atom. The van der Waals surface area contributed by atoms with Gasteiger partial charge >= 0.3 is 5.97 Å². The number of halogens is 4. The van der Waals surface area contributed by atoms with Crippen molar-refractivity contribution < 1.29 is 22.7 Å². The number of fused-ring (bicyclic) bond motifs is 3. The third-order valence-corrected chi connectivity index (χ3v) is 7.20. The van der Waals surface area contributed by atoms with Crippen LogP contribution in [0.4, 0.5) is 13.2 Å². The summed E-state index contributed by atoms with van der Waals surface area (Å²) < 4.78 is 43.2. The molecule has 2 aliphatic carbocycles. The number of hydrogen-bond donors (Lipinski definition) is 0. The molecule has 0 saturated heterocycles. The maximum atomic E-state index is 12.9. The maximum absolute atomic E-state index is 12.9. The Labute approximate surface area is 192 Å². The average molecular weight is 465 g/mol. The molecule has 0 bridgehead atoms. The summed E-state index contributed by atoms with van der Waals surface area (Å²) in [6.45, 7) is -0.00794. The zero-order valence-electron chi connectivity index (χ0n) is 18.5. The highest BCUT2D eigenvalue weighted by atomic mass is 35.5. The van der Waals surface area contributed by atoms with E-state index in [1.54, 1.807) is 0 Å². The van der Waals surface area contributed by atoms with E-state index in [2.05, 4.69) is 53.3 Å². The molecule has 0 amide bonds. The minimum absolute atomic E-state index is 0.204. The van der Waals surface area contributed by atoms with Crippen LogP contribution in [-0.2, 0) is 16.0 Å². The van der Waals surface area contributed by atoms with Crippen molar-refractivity contribution in [2.45, 2.75) is 20.3 Å². The summed E-state index contributed by atoms with van der Waals surface area (Å²) in [6, 6.07) is 17.3. The van der Waals surface area contributed by atoms with E-state index in [0.29, 0.717) is 0 Å². The molecule has 2 atom stereocenters. The standard InChI is InChI=1S/C13H18ClF3O2.C13H10/c1-12(2)8(10(12)11(18)19-3)4-9(14)13(5-15,6-16)7-17;1-3-7-12-10(5-1)9-11-6-2-4-8-13(11)12/h4,8,10H,5-7H2,1-3H3;1-8H,9H2. The van der Waals surface area contributed by atoms with Gasteiger partial charge < -0.3 is 4.74 Å². The third kappa shape index (κ3) is 4.45. The van der Waals surface area contributed by atoms with Gasteiger partial charge in [-0.25, -0.2) is 13.2 Å². The Morgan fingerprint density at radius 3 is 1.94 bits per heavy atom. The maximum Gasteiger partial charge on any atom is 0.309 e. The lowest BCUT2D eigenvalue weighted by molar-refractivity contribution is -0.143. The Hall–Kier alpha value is -2.27. The number of carbonyl (C=O) groups excluding carboxylic acids is 1. The van der Waals surface area contributed by atoms with Gasteiger partial charge in [0.1, 0.15) is 20.0 Å². The van der Waals surface area contributed by atoms with Crippen LogP contribution in [0.1, 0.15) is 25.0 Å². The molecule has 0 radical (unpaired) electrons. The van der Waals surface area contributed by atoms with Gasteiger partial charge in [0.25, 0.3) is 0 Å². The minimum atomic E-state index is -1.93. The average Bonchev–Trinajstić information content (AvgIpc) is 3.16. The van der Waals surface area contributed by atoms with E-state index >= 15 is 0 Å². The van der Waals surface area contributed by atoms with E-state index < -0.39 is 42.7 Å². The molecule has 2 nitrogen and oxygen atoms in total. The monoisotopic (exact) mass is 464 g/mol. The molecule has 0 aromatic heterocycles. The highest BCUT2D eigenvalue weighted by Gasteiger charge is 2.61. The third-order valence-electron chi connectivity index (χ3n) is 6.67. The van der Waals surface area contributed by atoms with Gasteiger partial charge in [0.15, 0.2) is 0 Å². The largest absolute Gasteiger partial charge is 0.469 e. The number of alkyl halides is 3. The smallest absolute Gasteiger partial charge is 0.309 e. The quantitative estimate of drug-likeness (QED) is 0.379. The number of carbonyl (C=O) groups is 1. The fourth-order valence-corrected chi connectivity index (χ4v) is 4.57. The van der Waals surface area contributed by atoms with Gasteiger partial charge in [-0.2, -0.15) is 0 Å². The number of rotatable bonds is 6. The van der Waals surface area contributed by atoms with Crippen LogP contribution in [0.25, 0.3) is 11.1 Å². The molecule has 172 valence electrons. The lowest BCUT2D eigenvalue weighted by Crippen LogP contribution is -2.29. The van der Waals surface area contributed by atoms with Gasteiger partial charge in [-0.1, -0.05) is 80.1 Å². The van der Waals surface area contributed by atoms with Crippen molar-refractivity contribution in [3.05, 3.63) is 70.8 Å². The van der Waals surface area contributed by atoms with E-state index in [1.807, 2.05) is 13.8 Å². The summed E-state index contributed by atoms with van der Waals surface area (Å²) in [5.41, 5.74) is 3.42. The zero-order chi connectivity index (χ0) is 23.5. The SMILES string of the molecule is COC(=O)C1C(C=C(Cl)C(CF)(CF)CF)C1(C)C.c1ccc2c(c1)Cc1ccccc1-2. The number of methoxy groups -OCH3 is 1. The molecular formula is C26H28ClF3O2. The Kier molecular flexibility index (Phi) is 7.39. The van der Waals surface area contributed by atoms with Crippen molar-refractivity contribution >= 4 is 17.6 Å². The summed E-state index contributed by atoms with van der Waals surface area (Å²) in [7, 11) is 1.27. The summed E-state index contributed by atoms with van der Waals surface area (Å²) in [4.78, 5) is 11.5. The van der Waals surface area contributed by atoms with E-state index in [-0.39, 0.29) is 11.0 Å². The molecule has 6 heteroatoms. The molecule has 0 N–H and O–H groups in total. The molecular weight excluding hydrogens is 437 g/mol. The molecule has 0 aliphatic heterocycles. The van der Waals surface area contributed by atoms with E-state index in [9.17, 15) is 18.0 Å². The van der Waals surface area contributed by atoms with Gasteiger partial charge in [0.05, 0.1) is 18.4 Å². The lowest BCUT2D eigenvalue weighted by Gasteiger charge is -2.23. The van der Waals surface area contributed by atoms with Crippen LogP contribution in [-0.4, -0.2) is 33.1 Å². The number of ether oxygens (including phenoxy) is 1. The van der Waals surface area contributed by atoms with Gasteiger partial charge in [-0.3, -0.25) is 4.79 Å². The van der Waals surface area contributed by atoms with Crippen LogP contribution in [0, 0.1) is 22.7 Å². The second-order valence-electron chi connectivity index (χ2n) is 9.03. The van der Waals surface area contributed by atoms with Crippen molar-refractivity contribution in [2.24, 2.45) is 22.7 Å². The topological polar surface area (TPSA) is 26.3 Å². The molecule has 0 heterocycles. The molecule has 32 heavy (non-hydrogen) atoms. The molecule has 2 aromatic carbocycles. The first kappa shape index (κ1) is 24.4. The Balaban J connectivity index is 0.000000191. The van der Waals surface area contributed by atoms with E-state index in [1.165, 1.54) is 35.4 Å². The minimum Gasteiger partial charge on any atom is -0.469 e. The molecule has 2 unspecified atom stereocenters. The number of esters is 1. The molecule has 1 fully saturated rings.